The number of hydrogen-bond acceptors (Lipinski definition) is 3. The van der Waals surface area contributed by atoms with Gasteiger partial charge < -0.3 is 10.6 Å². The maximum Gasteiger partial charge on any atom is 0.142 e. The van der Waals surface area contributed by atoms with Crippen LogP contribution >= 0.6 is 15.9 Å². The maximum absolute atomic E-state index is 6.02. The average molecular weight is 284 g/mol. The topological polar surface area (TPSA) is 42.2 Å². The lowest BCUT2D eigenvalue weighted by molar-refractivity contribution is 0.381. The Morgan fingerprint density at radius 1 is 1.56 bits per heavy atom. The molecule has 0 saturated carbocycles. The van der Waals surface area contributed by atoms with Crippen molar-refractivity contribution in [3.63, 3.8) is 0 Å². The summed E-state index contributed by atoms with van der Waals surface area (Å²) in [5.41, 5.74) is 7.20. The van der Waals surface area contributed by atoms with Crippen molar-refractivity contribution in [3.05, 3.63) is 22.3 Å². The van der Waals surface area contributed by atoms with Gasteiger partial charge in [0.15, 0.2) is 0 Å². The molecule has 2 unspecified atom stereocenters. The van der Waals surface area contributed by atoms with Crippen molar-refractivity contribution in [3.8, 4) is 0 Å². The quantitative estimate of drug-likeness (QED) is 0.860. The fourth-order valence-electron chi connectivity index (χ4n) is 2.12. The van der Waals surface area contributed by atoms with E-state index in [2.05, 4.69) is 45.7 Å². The third-order valence-corrected chi connectivity index (χ3v) is 3.81. The van der Waals surface area contributed by atoms with Crippen LogP contribution in [0.1, 0.15) is 18.9 Å². The van der Waals surface area contributed by atoms with Crippen LogP contribution in [-0.2, 0) is 0 Å². The SMILES string of the molecule is Cc1cnc(N2CCC(N)C(C)C2)c(Br)c1. The largest absolute Gasteiger partial charge is 0.355 e. The maximum atomic E-state index is 6.02. The van der Waals surface area contributed by atoms with Crippen molar-refractivity contribution in [2.24, 2.45) is 11.7 Å². The number of aromatic nitrogens is 1. The summed E-state index contributed by atoms with van der Waals surface area (Å²) in [4.78, 5) is 6.82. The molecule has 1 aromatic rings. The Hall–Kier alpha value is -0.610. The van der Waals surface area contributed by atoms with Gasteiger partial charge in [0.25, 0.3) is 0 Å². The van der Waals surface area contributed by atoms with E-state index in [1.807, 2.05) is 6.20 Å². The summed E-state index contributed by atoms with van der Waals surface area (Å²) in [5, 5.41) is 0. The molecule has 1 aliphatic heterocycles. The normalized spacial score (nSPS) is 25.9. The molecule has 1 aromatic heterocycles. The molecule has 0 aromatic carbocycles. The lowest BCUT2D eigenvalue weighted by Gasteiger charge is -2.36. The van der Waals surface area contributed by atoms with Gasteiger partial charge in [-0.3, -0.25) is 0 Å². The van der Waals surface area contributed by atoms with E-state index in [9.17, 15) is 0 Å². The molecular weight excluding hydrogens is 266 g/mol. The first-order valence-corrected chi connectivity index (χ1v) is 6.50. The van der Waals surface area contributed by atoms with Gasteiger partial charge in [0.2, 0.25) is 0 Å². The number of pyridine rings is 1. The van der Waals surface area contributed by atoms with Crippen LogP contribution in [0.4, 0.5) is 5.82 Å². The molecule has 0 aliphatic carbocycles. The van der Waals surface area contributed by atoms with Crippen molar-refractivity contribution in [2.75, 3.05) is 18.0 Å². The predicted molar refractivity (Wildman–Crippen MR) is 70.6 cm³/mol. The Labute approximate surface area is 105 Å². The van der Waals surface area contributed by atoms with E-state index < -0.39 is 0 Å². The molecule has 2 atom stereocenters. The van der Waals surface area contributed by atoms with Gasteiger partial charge in [-0.2, -0.15) is 0 Å². The van der Waals surface area contributed by atoms with E-state index in [1.54, 1.807) is 0 Å². The van der Waals surface area contributed by atoms with Crippen molar-refractivity contribution >= 4 is 21.7 Å². The molecule has 0 bridgehead atoms. The highest BCUT2D eigenvalue weighted by Gasteiger charge is 2.24. The van der Waals surface area contributed by atoms with Gasteiger partial charge in [0.1, 0.15) is 5.82 Å². The third-order valence-electron chi connectivity index (χ3n) is 3.23. The van der Waals surface area contributed by atoms with Gasteiger partial charge in [0, 0.05) is 25.3 Å². The van der Waals surface area contributed by atoms with Crippen LogP contribution in [-0.4, -0.2) is 24.1 Å². The molecule has 3 nitrogen and oxygen atoms in total. The fourth-order valence-corrected chi connectivity index (χ4v) is 2.83. The summed E-state index contributed by atoms with van der Waals surface area (Å²) in [6.45, 7) is 6.26. The molecule has 16 heavy (non-hydrogen) atoms. The molecular formula is C12H18BrN3. The van der Waals surface area contributed by atoms with Crippen LogP contribution in [0.3, 0.4) is 0 Å². The summed E-state index contributed by atoms with van der Waals surface area (Å²) in [5.74, 6) is 1.58. The second-order valence-electron chi connectivity index (χ2n) is 4.69. The molecule has 2 rings (SSSR count). The summed E-state index contributed by atoms with van der Waals surface area (Å²) in [7, 11) is 0. The minimum Gasteiger partial charge on any atom is -0.355 e. The highest BCUT2D eigenvalue weighted by Crippen LogP contribution is 2.28. The predicted octanol–water partition coefficient (Wildman–Crippen LogP) is 2.33. The number of rotatable bonds is 1. The van der Waals surface area contributed by atoms with Crippen molar-refractivity contribution in [1.82, 2.24) is 4.98 Å². The number of nitrogens with two attached hydrogens (primary N) is 1. The molecule has 88 valence electrons. The van der Waals surface area contributed by atoms with Crippen molar-refractivity contribution < 1.29 is 0 Å². The van der Waals surface area contributed by atoms with E-state index in [4.69, 9.17) is 5.73 Å². The second-order valence-corrected chi connectivity index (χ2v) is 5.55. The lowest BCUT2D eigenvalue weighted by atomic mass is 9.95. The Morgan fingerprint density at radius 3 is 2.94 bits per heavy atom. The van der Waals surface area contributed by atoms with Crippen LogP contribution in [0.2, 0.25) is 0 Å². The molecule has 1 aliphatic rings. The molecule has 0 amide bonds. The zero-order valence-corrected chi connectivity index (χ0v) is 11.4. The molecule has 0 spiro atoms. The molecule has 2 heterocycles. The zero-order valence-electron chi connectivity index (χ0n) is 9.78. The van der Waals surface area contributed by atoms with Crippen molar-refractivity contribution in [1.29, 1.82) is 0 Å². The van der Waals surface area contributed by atoms with E-state index >= 15 is 0 Å². The van der Waals surface area contributed by atoms with Crippen LogP contribution in [0.25, 0.3) is 0 Å². The first kappa shape index (κ1) is 11.9. The van der Waals surface area contributed by atoms with E-state index in [1.165, 1.54) is 5.56 Å². The highest BCUT2D eigenvalue weighted by molar-refractivity contribution is 9.10. The van der Waals surface area contributed by atoms with Gasteiger partial charge in [0.05, 0.1) is 4.47 Å². The van der Waals surface area contributed by atoms with Gasteiger partial charge in [-0.05, 0) is 46.8 Å². The minimum atomic E-state index is 0.334. The number of nitrogens with zero attached hydrogens (tertiary/aromatic N) is 2. The summed E-state index contributed by atoms with van der Waals surface area (Å²) in [6.07, 6.45) is 2.96. The molecule has 1 saturated heterocycles. The van der Waals surface area contributed by atoms with E-state index in [-0.39, 0.29) is 0 Å². The summed E-state index contributed by atoms with van der Waals surface area (Å²) < 4.78 is 1.08. The highest BCUT2D eigenvalue weighted by atomic mass is 79.9. The third kappa shape index (κ3) is 2.38. The van der Waals surface area contributed by atoms with Crippen LogP contribution in [0.5, 0.6) is 0 Å². The number of aryl methyl sites for hydroxylation is 1. The minimum absolute atomic E-state index is 0.334. The van der Waals surface area contributed by atoms with Gasteiger partial charge in [-0.25, -0.2) is 4.98 Å². The Kier molecular flexibility index (Phi) is 3.50. The number of halogens is 1. The number of hydrogen-bond donors (Lipinski definition) is 1. The zero-order chi connectivity index (χ0) is 11.7. The first-order chi connectivity index (χ1) is 7.58. The lowest BCUT2D eigenvalue weighted by Crippen LogP contribution is -2.46. The van der Waals surface area contributed by atoms with Gasteiger partial charge in [-0.15, -0.1) is 0 Å². The van der Waals surface area contributed by atoms with Crippen LogP contribution in [0, 0.1) is 12.8 Å². The first-order valence-electron chi connectivity index (χ1n) is 5.70. The van der Waals surface area contributed by atoms with Crippen molar-refractivity contribution in [2.45, 2.75) is 26.3 Å². The molecule has 1 fully saturated rings. The smallest absolute Gasteiger partial charge is 0.142 e. The van der Waals surface area contributed by atoms with Gasteiger partial charge >= 0.3 is 0 Å². The Balaban J connectivity index is 2.18. The molecule has 4 heteroatoms. The van der Waals surface area contributed by atoms with E-state index in [0.717, 1.165) is 29.8 Å². The average Bonchev–Trinajstić information content (AvgIpc) is 2.22. The monoisotopic (exact) mass is 283 g/mol. The molecule has 2 N–H and O–H groups in total. The summed E-state index contributed by atoms with van der Waals surface area (Å²) in [6, 6.07) is 2.45. The fraction of sp³-hybridized carbons (Fsp3) is 0.583. The van der Waals surface area contributed by atoms with Crippen LogP contribution < -0.4 is 10.6 Å². The molecule has 0 radical (unpaired) electrons. The summed E-state index contributed by atoms with van der Waals surface area (Å²) >= 11 is 3.58. The number of anilines is 1. The standard InChI is InChI=1S/C12H18BrN3/c1-8-5-10(13)12(15-6-8)16-4-3-11(14)9(2)7-16/h5-6,9,11H,3-4,7,14H2,1-2H3. The van der Waals surface area contributed by atoms with Gasteiger partial charge in [-0.1, -0.05) is 6.92 Å². The Morgan fingerprint density at radius 2 is 2.31 bits per heavy atom. The van der Waals surface area contributed by atoms with Crippen LogP contribution in [0.15, 0.2) is 16.7 Å². The number of piperidine rings is 1. The second kappa shape index (κ2) is 4.72. The van der Waals surface area contributed by atoms with E-state index in [0.29, 0.717) is 12.0 Å². The Bertz CT molecular complexity index is 381.